The number of ether oxygens (including phenoxy) is 1. The van der Waals surface area contributed by atoms with Crippen LogP contribution in [0.3, 0.4) is 0 Å². The summed E-state index contributed by atoms with van der Waals surface area (Å²) in [5.74, 6) is 1.40. The number of nitrogens with two attached hydrogens (primary N) is 1. The molecule has 1 saturated carbocycles. The van der Waals surface area contributed by atoms with E-state index in [1.165, 1.54) is 24.0 Å². The molecule has 1 aliphatic rings. The van der Waals surface area contributed by atoms with Crippen LogP contribution in [0.4, 0.5) is 0 Å². The molecule has 3 heteroatoms. The molecular weight excluding hydrogens is 290 g/mol. The fourth-order valence-corrected chi connectivity index (χ4v) is 3.33. The van der Waals surface area contributed by atoms with Crippen LogP contribution in [0.15, 0.2) is 16.6 Å². The Kier molecular flexibility index (Phi) is 3.75. The molecule has 0 amide bonds. The third-order valence-corrected chi connectivity index (χ3v) is 4.72. The molecule has 1 fully saturated rings. The van der Waals surface area contributed by atoms with Gasteiger partial charge < -0.3 is 10.5 Å². The Hall–Kier alpha value is -0.540. The van der Waals surface area contributed by atoms with Crippen molar-refractivity contribution in [1.29, 1.82) is 0 Å². The monoisotopic (exact) mass is 311 g/mol. The largest absolute Gasteiger partial charge is 0.495 e. The smallest absolute Gasteiger partial charge is 0.136 e. The number of hydrogen-bond acceptors (Lipinski definition) is 2. The van der Waals surface area contributed by atoms with Crippen molar-refractivity contribution < 1.29 is 4.74 Å². The number of methoxy groups -OCH3 is 1. The molecule has 0 heterocycles. The zero-order valence-electron chi connectivity index (χ0n) is 11.6. The van der Waals surface area contributed by atoms with Gasteiger partial charge in [0.25, 0.3) is 0 Å². The first-order valence-corrected chi connectivity index (χ1v) is 7.35. The van der Waals surface area contributed by atoms with Crippen LogP contribution in [-0.2, 0) is 5.41 Å². The van der Waals surface area contributed by atoms with Crippen LogP contribution in [-0.4, -0.2) is 13.2 Å². The van der Waals surface area contributed by atoms with E-state index < -0.39 is 0 Å². The molecule has 2 N–H and O–H groups in total. The molecular formula is C15H22BrNO. The van der Waals surface area contributed by atoms with Crippen LogP contribution >= 0.6 is 15.9 Å². The Balaban J connectivity index is 2.52. The Bertz CT molecular complexity index is 450. The number of rotatable bonds is 4. The lowest BCUT2D eigenvalue weighted by atomic mass is 9.86. The Morgan fingerprint density at radius 2 is 1.89 bits per heavy atom. The van der Waals surface area contributed by atoms with Gasteiger partial charge in [0.05, 0.1) is 11.6 Å². The summed E-state index contributed by atoms with van der Waals surface area (Å²) in [6.07, 6.45) is 2.39. The van der Waals surface area contributed by atoms with Gasteiger partial charge in [-0.05, 0) is 58.8 Å². The predicted octanol–water partition coefficient (Wildman–Crippen LogP) is 3.96. The predicted molar refractivity (Wildman–Crippen MR) is 79.3 cm³/mol. The van der Waals surface area contributed by atoms with Crippen molar-refractivity contribution in [2.24, 2.45) is 5.73 Å². The Morgan fingerprint density at radius 1 is 1.28 bits per heavy atom. The van der Waals surface area contributed by atoms with Gasteiger partial charge >= 0.3 is 0 Å². The lowest BCUT2D eigenvalue weighted by Crippen LogP contribution is -2.31. The maximum atomic E-state index is 6.16. The molecule has 2 nitrogen and oxygen atoms in total. The molecule has 0 radical (unpaired) electrons. The van der Waals surface area contributed by atoms with Gasteiger partial charge in [0, 0.05) is 11.5 Å². The second-order valence-corrected chi connectivity index (χ2v) is 6.53. The second kappa shape index (κ2) is 4.86. The van der Waals surface area contributed by atoms with Crippen molar-refractivity contribution >= 4 is 15.9 Å². The first-order chi connectivity index (χ1) is 8.42. The van der Waals surface area contributed by atoms with Crippen molar-refractivity contribution in [3.63, 3.8) is 0 Å². The van der Waals surface area contributed by atoms with Gasteiger partial charge in [0.15, 0.2) is 0 Å². The van der Waals surface area contributed by atoms with Crippen molar-refractivity contribution in [2.75, 3.05) is 7.11 Å². The summed E-state index contributed by atoms with van der Waals surface area (Å²) in [7, 11) is 1.73. The fourth-order valence-electron chi connectivity index (χ4n) is 2.69. The van der Waals surface area contributed by atoms with E-state index in [1.807, 2.05) is 0 Å². The summed E-state index contributed by atoms with van der Waals surface area (Å²) in [4.78, 5) is 0. The highest BCUT2D eigenvalue weighted by Crippen LogP contribution is 2.52. The zero-order valence-corrected chi connectivity index (χ0v) is 13.2. The molecule has 100 valence electrons. The van der Waals surface area contributed by atoms with Crippen LogP contribution < -0.4 is 10.5 Å². The highest BCUT2D eigenvalue weighted by atomic mass is 79.9. The lowest BCUT2D eigenvalue weighted by Gasteiger charge is -2.23. The quantitative estimate of drug-likeness (QED) is 0.913. The molecule has 1 atom stereocenters. The maximum Gasteiger partial charge on any atom is 0.136 e. The van der Waals surface area contributed by atoms with Gasteiger partial charge in [-0.2, -0.15) is 0 Å². The molecule has 1 unspecified atom stereocenters. The van der Waals surface area contributed by atoms with Crippen LogP contribution in [0.25, 0.3) is 0 Å². The van der Waals surface area contributed by atoms with E-state index in [1.54, 1.807) is 7.11 Å². The minimum Gasteiger partial charge on any atom is -0.495 e. The standard InChI is InChI=1S/C15H22BrNO/c1-9(2)12-7-11(8-13(16)14(12)18-4)15(5-6-15)10(3)17/h7-10H,5-6,17H2,1-4H3. The third-order valence-electron chi connectivity index (χ3n) is 4.13. The second-order valence-electron chi connectivity index (χ2n) is 5.68. The van der Waals surface area contributed by atoms with E-state index in [0.29, 0.717) is 5.92 Å². The van der Waals surface area contributed by atoms with Crippen LogP contribution in [0.2, 0.25) is 0 Å². The molecule has 1 aromatic rings. The molecule has 0 aliphatic heterocycles. The first-order valence-electron chi connectivity index (χ1n) is 6.56. The van der Waals surface area contributed by atoms with Crippen LogP contribution in [0.5, 0.6) is 5.75 Å². The summed E-state index contributed by atoms with van der Waals surface area (Å²) in [5, 5.41) is 0. The summed E-state index contributed by atoms with van der Waals surface area (Å²) >= 11 is 3.63. The molecule has 0 bridgehead atoms. The molecule has 0 aromatic heterocycles. The molecule has 1 aromatic carbocycles. The number of benzene rings is 1. The van der Waals surface area contributed by atoms with Crippen LogP contribution in [0.1, 0.15) is 50.7 Å². The SMILES string of the molecule is COc1c(Br)cc(C2(C(C)N)CC2)cc1C(C)C. The van der Waals surface area contributed by atoms with E-state index in [2.05, 4.69) is 48.8 Å². The third kappa shape index (κ3) is 2.19. The average molecular weight is 312 g/mol. The van der Waals surface area contributed by atoms with Crippen molar-refractivity contribution in [3.05, 3.63) is 27.7 Å². The zero-order chi connectivity index (χ0) is 13.5. The highest BCUT2D eigenvalue weighted by molar-refractivity contribution is 9.10. The van der Waals surface area contributed by atoms with Gasteiger partial charge in [-0.3, -0.25) is 0 Å². The maximum absolute atomic E-state index is 6.16. The molecule has 2 rings (SSSR count). The number of hydrogen-bond donors (Lipinski definition) is 1. The Morgan fingerprint density at radius 3 is 2.28 bits per heavy atom. The minimum absolute atomic E-state index is 0.193. The summed E-state index contributed by atoms with van der Waals surface area (Å²) in [6.45, 7) is 6.50. The van der Waals surface area contributed by atoms with E-state index in [0.717, 1.165) is 10.2 Å². The molecule has 1 aliphatic carbocycles. The lowest BCUT2D eigenvalue weighted by molar-refractivity contribution is 0.404. The topological polar surface area (TPSA) is 35.2 Å². The highest BCUT2D eigenvalue weighted by Gasteiger charge is 2.47. The summed E-state index contributed by atoms with van der Waals surface area (Å²) in [5.41, 5.74) is 8.97. The average Bonchev–Trinajstić information content (AvgIpc) is 3.08. The molecule has 0 spiro atoms. The van der Waals surface area contributed by atoms with E-state index >= 15 is 0 Å². The van der Waals surface area contributed by atoms with E-state index in [-0.39, 0.29) is 11.5 Å². The normalized spacial score (nSPS) is 18.8. The van der Waals surface area contributed by atoms with Crippen molar-refractivity contribution in [1.82, 2.24) is 0 Å². The van der Waals surface area contributed by atoms with Crippen molar-refractivity contribution in [3.8, 4) is 5.75 Å². The fraction of sp³-hybridized carbons (Fsp3) is 0.600. The molecule has 18 heavy (non-hydrogen) atoms. The van der Waals surface area contributed by atoms with Crippen LogP contribution in [0, 0.1) is 0 Å². The van der Waals surface area contributed by atoms with Gasteiger partial charge in [0.1, 0.15) is 5.75 Å². The minimum atomic E-state index is 0.193. The first kappa shape index (κ1) is 13.9. The summed E-state index contributed by atoms with van der Waals surface area (Å²) < 4.78 is 6.55. The number of halogens is 1. The van der Waals surface area contributed by atoms with Gasteiger partial charge in [-0.1, -0.05) is 19.9 Å². The summed E-state index contributed by atoms with van der Waals surface area (Å²) in [6, 6.07) is 4.67. The van der Waals surface area contributed by atoms with E-state index in [4.69, 9.17) is 10.5 Å². The van der Waals surface area contributed by atoms with Crippen molar-refractivity contribution in [2.45, 2.75) is 51.0 Å². The van der Waals surface area contributed by atoms with E-state index in [9.17, 15) is 0 Å². The molecule has 0 saturated heterocycles. The van der Waals surface area contributed by atoms with Gasteiger partial charge in [-0.25, -0.2) is 0 Å². The van der Waals surface area contributed by atoms with Gasteiger partial charge in [0.2, 0.25) is 0 Å². The van der Waals surface area contributed by atoms with Gasteiger partial charge in [-0.15, -0.1) is 0 Å². The Labute approximate surface area is 118 Å².